The second-order valence-corrected chi connectivity index (χ2v) is 6.04. The number of aryl methyl sites for hydroxylation is 2. The Morgan fingerprint density at radius 2 is 1.96 bits per heavy atom. The number of anilines is 1. The maximum absolute atomic E-state index is 12.2. The fraction of sp³-hybridized carbons (Fsp3) is 0.211. The Morgan fingerprint density at radius 1 is 1.23 bits per heavy atom. The van der Waals surface area contributed by atoms with E-state index in [2.05, 4.69) is 10.4 Å². The molecule has 0 aliphatic carbocycles. The molecule has 0 atom stereocenters. The van der Waals surface area contributed by atoms with Gasteiger partial charge in [-0.15, -0.1) is 0 Å². The molecule has 0 radical (unpaired) electrons. The van der Waals surface area contributed by atoms with Crippen LogP contribution in [0.15, 0.2) is 51.7 Å². The molecule has 26 heavy (non-hydrogen) atoms. The van der Waals surface area contributed by atoms with Crippen LogP contribution in [0, 0.1) is 13.8 Å². The molecule has 0 spiro atoms. The molecule has 3 rings (SSSR count). The molecular weight excluding hydrogens is 332 g/mol. The molecule has 7 nitrogen and oxygen atoms in total. The second-order valence-electron chi connectivity index (χ2n) is 6.04. The lowest BCUT2D eigenvalue weighted by molar-refractivity contribution is -0.122. The Bertz CT molecular complexity index is 990. The van der Waals surface area contributed by atoms with E-state index in [9.17, 15) is 9.59 Å². The van der Waals surface area contributed by atoms with Crippen molar-refractivity contribution in [2.24, 2.45) is 0 Å². The van der Waals surface area contributed by atoms with E-state index in [0.29, 0.717) is 18.0 Å². The number of benzene rings is 1. The molecule has 0 saturated carbocycles. The summed E-state index contributed by atoms with van der Waals surface area (Å²) in [5, 5.41) is 7.05. The van der Waals surface area contributed by atoms with Gasteiger partial charge < -0.3 is 15.5 Å². The Morgan fingerprint density at radius 3 is 2.62 bits per heavy atom. The lowest BCUT2D eigenvalue weighted by Gasteiger charge is -2.09. The van der Waals surface area contributed by atoms with E-state index in [0.717, 1.165) is 21.6 Å². The summed E-state index contributed by atoms with van der Waals surface area (Å²) in [6, 6.07) is 12.8. The minimum Gasteiger partial charge on any atom is -0.466 e. The fourth-order valence-corrected chi connectivity index (χ4v) is 2.67. The van der Waals surface area contributed by atoms with Gasteiger partial charge in [-0.2, -0.15) is 5.10 Å². The van der Waals surface area contributed by atoms with Crippen molar-refractivity contribution < 1.29 is 9.21 Å². The number of amides is 1. The summed E-state index contributed by atoms with van der Waals surface area (Å²) in [6.07, 6.45) is 0. The van der Waals surface area contributed by atoms with Crippen molar-refractivity contribution in [2.45, 2.75) is 26.9 Å². The average molecular weight is 352 g/mol. The Labute approximate surface area is 150 Å². The molecule has 3 aromatic rings. The third kappa shape index (κ3) is 3.83. The molecule has 1 amide bonds. The smallest absolute Gasteiger partial charge is 0.290 e. The summed E-state index contributed by atoms with van der Waals surface area (Å²) in [5.41, 5.74) is 7.56. The van der Waals surface area contributed by atoms with Crippen LogP contribution in [-0.4, -0.2) is 15.7 Å². The van der Waals surface area contributed by atoms with E-state index in [1.54, 1.807) is 0 Å². The van der Waals surface area contributed by atoms with Gasteiger partial charge in [0, 0.05) is 12.1 Å². The largest absolute Gasteiger partial charge is 0.466 e. The minimum absolute atomic E-state index is 0.0316. The third-order valence-electron chi connectivity index (χ3n) is 3.94. The van der Waals surface area contributed by atoms with Crippen molar-refractivity contribution in [1.29, 1.82) is 0 Å². The van der Waals surface area contributed by atoms with Gasteiger partial charge in [-0.3, -0.25) is 9.59 Å². The van der Waals surface area contributed by atoms with Crippen molar-refractivity contribution in [3.8, 4) is 11.3 Å². The highest BCUT2D eigenvalue weighted by Gasteiger charge is 2.14. The van der Waals surface area contributed by atoms with Crippen LogP contribution >= 0.6 is 0 Å². The van der Waals surface area contributed by atoms with Crippen LogP contribution in [0.4, 0.5) is 5.69 Å². The van der Waals surface area contributed by atoms with Gasteiger partial charge in [0.05, 0.1) is 5.69 Å². The maximum Gasteiger partial charge on any atom is 0.290 e. The zero-order valence-corrected chi connectivity index (χ0v) is 14.7. The number of aromatic nitrogens is 2. The first-order valence-corrected chi connectivity index (χ1v) is 8.19. The van der Waals surface area contributed by atoms with Crippen molar-refractivity contribution in [2.75, 3.05) is 5.73 Å². The lowest BCUT2D eigenvalue weighted by Crippen LogP contribution is -2.34. The Hall–Kier alpha value is -3.35. The van der Waals surface area contributed by atoms with Crippen LogP contribution in [0.3, 0.4) is 0 Å². The van der Waals surface area contributed by atoms with Crippen LogP contribution in [0.25, 0.3) is 11.3 Å². The van der Waals surface area contributed by atoms with Crippen LogP contribution in [0.5, 0.6) is 0 Å². The highest BCUT2D eigenvalue weighted by molar-refractivity contribution is 5.75. The molecule has 0 aliphatic rings. The molecule has 0 bridgehead atoms. The van der Waals surface area contributed by atoms with E-state index >= 15 is 0 Å². The van der Waals surface area contributed by atoms with Gasteiger partial charge in [-0.05, 0) is 31.5 Å². The van der Waals surface area contributed by atoms with Crippen molar-refractivity contribution in [3.63, 3.8) is 0 Å². The first-order valence-electron chi connectivity index (χ1n) is 8.19. The molecule has 1 aromatic carbocycles. The molecule has 0 aliphatic heterocycles. The Balaban J connectivity index is 1.80. The van der Waals surface area contributed by atoms with Crippen LogP contribution in [0.2, 0.25) is 0 Å². The fourth-order valence-electron chi connectivity index (χ4n) is 2.67. The second kappa shape index (κ2) is 7.26. The lowest BCUT2D eigenvalue weighted by atomic mass is 10.1. The number of nitrogens with zero attached hydrogens (tertiary/aromatic N) is 2. The van der Waals surface area contributed by atoms with E-state index < -0.39 is 5.56 Å². The van der Waals surface area contributed by atoms with Crippen LogP contribution < -0.4 is 16.6 Å². The first kappa shape index (κ1) is 17.5. The van der Waals surface area contributed by atoms with E-state index in [1.807, 2.05) is 50.2 Å². The van der Waals surface area contributed by atoms with Gasteiger partial charge in [-0.25, -0.2) is 4.68 Å². The molecule has 7 heteroatoms. The molecule has 0 unspecified atom stereocenters. The van der Waals surface area contributed by atoms with E-state index in [-0.39, 0.29) is 18.1 Å². The van der Waals surface area contributed by atoms with Crippen molar-refractivity contribution in [1.82, 2.24) is 15.1 Å². The van der Waals surface area contributed by atoms with Gasteiger partial charge >= 0.3 is 0 Å². The predicted molar refractivity (Wildman–Crippen MR) is 98.4 cm³/mol. The van der Waals surface area contributed by atoms with E-state index in [4.69, 9.17) is 10.2 Å². The topological polar surface area (TPSA) is 103 Å². The molecule has 0 saturated heterocycles. The zero-order chi connectivity index (χ0) is 18.7. The standard InChI is InChI=1S/C19H20N4O3/c1-12-8-15(13(2)26-12)17-9-16(20)19(25)23(22-17)11-18(24)21-10-14-6-4-3-5-7-14/h3-9H,10-11,20H2,1-2H3,(H,21,24). The summed E-state index contributed by atoms with van der Waals surface area (Å²) in [5.74, 6) is 1.09. The number of nitrogens with one attached hydrogen (secondary N) is 1. The summed E-state index contributed by atoms with van der Waals surface area (Å²) < 4.78 is 6.58. The number of carbonyl (C=O) groups excluding carboxylic acids is 1. The molecule has 3 N–H and O–H groups in total. The summed E-state index contributed by atoms with van der Waals surface area (Å²) in [6.45, 7) is 3.80. The SMILES string of the molecule is Cc1cc(-c2cc(N)c(=O)n(CC(=O)NCc3ccccc3)n2)c(C)o1. The van der Waals surface area contributed by atoms with Gasteiger partial charge in [0.15, 0.2) is 0 Å². The number of furan rings is 1. The highest BCUT2D eigenvalue weighted by atomic mass is 16.3. The monoisotopic (exact) mass is 352 g/mol. The number of nitrogen functional groups attached to an aromatic ring is 1. The van der Waals surface area contributed by atoms with Crippen LogP contribution in [0.1, 0.15) is 17.1 Å². The van der Waals surface area contributed by atoms with Gasteiger partial charge in [0.2, 0.25) is 5.91 Å². The number of carbonyl (C=O) groups is 1. The van der Waals surface area contributed by atoms with E-state index in [1.165, 1.54) is 6.07 Å². The van der Waals surface area contributed by atoms with Gasteiger partial charge in [-0.1, -0.05) is 30.3 Å². The summed E-state index contributed by atoms with van der Waals surface area (Å²) in [7, 11) is 0. The average Bonchev–Trinajstić information content (AvgIpc) is 2.96. The van der Waals surface area contributed by atoms with Crippen LogP contribution in [-0.2, 0) is 17.9 Å². The van der Waals surface area contributed by atoms with Gasteiger partial charge in [0.1, 0.15) is 23.8 Å². The highest BCUT2D eigenvalue weighted by Crippen LogP contribution is 2.24. The zero-order valence-electron chi connectivity index (χ0n) is 14.7. The molecule has 2 aromatic heterocycles. The van der Waals surface area contributed by atoms with Gasteiger partial charge in [0.25, 0.3) is 5.56 Å². The van der Waals surface area contributed by atoms with Crippen molar-refractivity contribution in [3.05, 3.63) is 69.9 Å². The maximum atomic E-state index is 12.2. The first-order chi connectivity index (χ1) is 12.4. The molecule has 2 heterocycles. The summed E-state index contributed by atoms with van der Waals surface area (Å²) >= 11 is 0. The predicted octanol–water partition coefficient (Wildman–Crippen LogP) is 2.02. The number of hydrogen-bond donors (Lipinski definition) is 2. The third-order valence-corrected chi connectivity index (χ3v) is 3.94. The molecule has 0 fully saturated rings. The van der Waals surface area contributed by atoms with Crippen molar-refractivity contribution >= 4 is 11.6 Å². The summed E-state index contributed by atoms with van der Waals surface area (Å²) in [4.78, 5) is 24.4. The number of rotatable bonds is 5. The number of nitrogens with two attached hydrogens (primary N) is 1. The molecule has 134 valence electrons. The molecular formula is C19H20N4O3. The normalized spacial score (nSPS) is 10.7. The quantitative estimate of drug-likeness (QED) is 0.731. The Kier molecular flexibility index (Phi) is 4.88. The number of hydrogen-bond acceptors (Lipinski definition) is 5. The minimum atomic E-state index is -0.499.